The summed E-state index contributed by atoms with van der Waals surface area (Å²) in [6.07, 6.45) is 1.83. The van der Waals surface area contributed by atoms with Gasteiger partial charge in [-0.25, -0.2) is 9.97 Å². The van der Waals surface area contributed by atoms with Crippen LogP contribution in [0.2, 0.25) is 0 Å². The van der Waals surface area contributed by atoms with E-state index >= 15 is 0 Å². The Bertz CT molecular complexity index is 460. The van der Waals surface area contributed by atoms with E-state index in [9.17, 15) is 18.0 Å². The number of ketones is 1. The fraction of sp³-hybridized carbons (Fsp3) is 0.667. The highest BCUT2D eigenvalue weighted by Crippen LogP contribution is 2.26. The van der Waals surface area contributed by atoms with Gasteiger partial charge in [0.1, 0.15) is 5.69 Å². The molecular weight excluding hydrogens is 281 g/mol. The van der Waals surface area contributed by atoms with Crippen LogP contribution in [0.15, 0.2) is 12.3 Å². The second-order valence-electron chi connectivity index (χ2n) is 5.08. The van der Waals surface area contributed by atoms with Crippen molar-refractivity contribution in [3.8, 4) is 0 Å². The van der Waals surface area contributed by atoms with Crippen molar-refractivity contribution < 1.29 is 18.0 Å². The van der Waals surface area contributed by atoms with E-state index in [0.29, 0.717) is 12.8 Å². The molecule has 0 aromatic carbocycles. The van der Waals surface area contributed by atoms with Crippen molar-refractivity contribution in [3.05, 3.63) is 23.8 Å². The van der Waals surface area contributed by atoms with Crippen LogP contribution in [0.3, 0.4) is 0 Å². The van der Waals surface area contributed by atoms with Crippen LogP contribution in [-0.4, -0.2) is 15.8 Å². The molecule has 1 aromatic rings. The van der Waals surface area contributed by atoms with E-state index in [1.807, 2.05) is 6.92 Å². The lowest BCUT2D eigenvalue weighted by Crippen LogP contribution is -2.19. The number of Topliss-reactive ketones (excluding diaryl/α,β-unsaturated/α-hetero) is 1. The molecule has 1 rings (SSSR count). The predicted octanol–water partition coefficient (Wildman–Crippen LogP) is 4.67. The summed E-state index contributed by atoms with van der Waals surface area (Å²) in [6, 6.07) is 1.26. The van der Waals surface area contributed by atoms with E-state index in [2.05, 4.69) is 16.9 Å². The summed E-state index contributed by atoms with van der Waals surface area (Å²) in [7, 11) is 0. The lowest BCUT2D eigenvalue weighted by molar-refractivity contribution is -0.145. The summed E-state index contributed by atoms with van der Waals surface area (Å²) < 4.78 is 37.7. The zero-order valence-electron chi connectivity index (χ0n) is 12.4. The molecule has 1 atom stereocenters. The average molecular weight is 302 g/mol. The third-order valence-corrected chi connectivity index (χ3v) is 3.43. The molecule has 0 amide bonds. The Balaban J connectivity index is 2.76. The average Bonchev–Trinajstić information content (AvgIpc) is 2.46. The first kappa shape index (κ1) is 17.6. The standard InChI is InChI=1S/C15H21F3N2O/c1-3-5-6-7-8-11(4-2)13(21)12-9-10-19-14(20-12)15(16,17)18/h9-11H,3-8H2,1-2H3. The Hall–Kier alpha value is -1.46. The van der Waals surface area contributed by atoms with Gasteiger partial charge in [-0.3, -0.25) is 4.79 Å². The molecule has 1 aromatic heterocycles. The quantitative estimate of drug-likeness (QED) is 0.517. The molecule has 0 aliphatic heterocycles. The van der Waals surface area contributed by atoms with Crippen molar-refractivity contribution in [2.75, 3.05) is 0 Å². The molecule has 0 radical (unpaired) electrons. The Morgan fingerprint density at radius 2 is 1.95 bits per heavy atom. The molecule has 0 fully saturated rings. The zero-order chi connectivity index (χ0) is 15.9. The van der Waals surface area contributed by atoms with Gasteiger partial charge in [0, 0.05) is 12.1 Å². The fourth-order valence-corrected chi connectivity index (χ4v) is 2.18. The minimum Gasteiger partial charge on any atom is -0.292 e. The fourth-order valence-electron chi connectivity index (χ4n) is 2.18. The summed E-state index contributed by atoms with van der Waals surface area (Å²) >= 11 is 0. The minimum atomic E-state index is -4.63. The second-order valence-corrected chi connectivity index (χ2v) is 5.08. The second kappa shape index (κ2) is 8.10. The smallest absolute Gasteiger partial charge is 0.292 e. The third-order valence-electron chi connectivity index (χ3n) is 3.43. The Morgan fingerprint density at radius 3 is 2.52 bits per heavy atom. The van der Waals surface area contributed by atoms with E-state index in [0.717, 1.165) is 31.9 Å². The molecule has 0 saturated heterocycles. The number of alkyl halides is 3. The molecule has 0 spiro atoms. The van der Waals surface area contributed by atoms with E-state index in [1.165, 1.54) is 6.07 Å². The molecule has 0 aliphatic rings. The Morgan fingerprint density at radius 1 is 1.24 bits per heavy atom. The van der Waals surface area contributed by atoms with Crippen LogP contribution in [0.1, 0.15) is 68.7 Å². The number of carbonyl (C=O) groups excluding carboxylic acids is 1. The molecule has 0 saturated carbocycles. The molecule has 1 unspecified atom stereocenters. The number of nitrogens with zero attached hydrogens (tertiary/aromatic N) is 2. The van der Waals surface area contributed by atoms with Crippen LogP contribution in [0.4, 0.5) is 13.2 Å². The molecule has 118 valence electrons. The maximum atomic E-state index is 12.6. The number of hydrogen-bond donors (Lipinski definition) is 0. The first-order valence-corrected chi connectivity index (χ1v) is 7.34. The lowest BCUT2D eigenvalue weighted by Gasteiger charge is -2.13. The topological polar surface area (TPSA) is 42.9 Å². The van der Waals surface area contributed by atoms with Crippen LogP contribution >= 0.6 is 0 Å². The van der Waals surface area contributed by atoms with Gasteiger partial charge in [0.05, 0.1) is 0 Å². The van der Waals surface area contributed by atoms with E-state index < -0.39 is 12.0 Å². The molecule has 0 bridgehead atoms. The van der Waals surface area contributed by atoms with Crippen LogP contribution < -0.4 is 0 Å². The van der Waals surface area contributed by atoms with Crippen LogP contribution in [-0.2, 0) is 6.18 Å². The largest absolute Gasteiger partial charge is 0.451 e. The summed E-state index contributed by atoms with van der Waals surface area (Å²) in [5.74, 6) is -1.84. The minimum absolute atomic E-state index is 0.139. The summed E-state index contributed by atoms with van der Waals surface area (Å²) in [5.41, 5.74) is -0.139. The number of carbonyl (C=O) groups is 1. The molecule has 1 heterocycles. The number of rotatable bonds is 8. The van der Waals surface area contributed by atoms with Crippen molar-refractivity contribution in [1.29, 1.82) is 0 Å². The number of unbranched alkanes of at least 4 members (excludes halogenated alkanes) is 3. The van der Waals surface area contributed by atoms with Crippen LogP contribution in [0, 0.1) is 5.92 Å². The summed E-state index contributed by atoms with van der Waals surface area (Å²) in [6.45, 7) is 3.97. The molecule has 3 nitrogen and oxygen atoms in total. The highest BCUT2D eigenvalue weighted by molar-refractivity contribution is 5.95. The van der Waals surface area contributed by atoms with Gasteiger partial charge in [-0.05, 0) is 18.9 Å². The van der Waals surface area contributed by atoms with Crippen LogP contribution in [0.25, 0.3) is 0 Å². The lowest BCUT2D eigenvalue weighted by atomic mass is 9.92. The molecule has 6 heteroatoms. The van der Waals surface area contributed by atoms with Gasteiger partial charge in [-0.2, -0.15) is 13.2 Å². The maximum absolute atomic E-state index is 12.6. The van der Waals surface area contributed by atoms with Crippen molar-refractivity contribution >= 4 is 5.78 Å². The van der Waals surface area contributed by atoms with Crippen molar-refractivity contribution in [2.45, 2.75) is 58.5 Å². The van der Waals surface area contributed by atoms with Gasteiger partial charge in [-0.1, -0.05) is 39.5 Å². The zero-order valence-corrected chi connectivity index (χ0v) is 12.4. The van der Waals surface area contributed by atoms with Gasteiger partial charge >= 0.3 is 6.18 Å². The monoisotopic (exact) mass is 302 g/mol. The first-order valence-electron chi connectivity index (χ1n) is 7.34. The number of hydrogen-bond acceptors (Lipinski definition) is 3. The Kier molecular flexibility index (Phi) is 6.78. The molecule has 0 N–H and O–H groups in total. The highest BCUT2D eigenvalue weighted by Gasteiger charge is 2.35. The molecular formula is C15H21F3N2O. The van der Waals surface area contributed by atoms with Crippen molar-refractivity contribution in [2.24, 2.45) is 5.92 Å². The van der Waals surface area contributed by atoms with E-state index in [-0.39, 0.29) is 17.4 Å². The summed E-state index contributed by atoms with van der Waals surface area (Å²) in [4.78, 5) is 18.8. The van der Waals surface area contributed by atoms with Gasteiger partial charge in [0.15, 0.2) is 5.78 Å². The third kappa shape index (κ3) is 5.44. The van der Waals surface area contributed by atoms with Crippen molar-refractivity contribution in [3.63, 3.8) is 0 Å². The normalized spacial score (nSPS) is 13.2. The molecule has 0 aliphatic carbocycles. The highest BCUT2D eigenvalue weighted by atomic mass is 19.4. The van der Waals surface area contributed by atoms with Crippen LogP contribution in [0.5, 0.6) is 0 Å². The first-order chi connectivity index (χ1) is 9.90. The molecule has 21 heavy (non-hydrogen) atoms. The van der Waals surface area contributed by atoms with Crippen molar-refractivity contribution in [1.82, 2.24) is 9.97 Å². The van der Waals surface area contributed by atoms with Gasteiger partial charge in [-0.15, -0.1) is 0 Å². The van der Waals surface area contributed by atoms with Gasteiger partial charge < -0.3 is 0 Å². The Labute approximate surface area is 123 Å². The van der Waals surface area contributed by atoms with Gasteiger partial charge in [0.25, 0.3) is 0 Å². The maximum Gasteiger partial charge on any atom is 0.451 e. The van der Waals surface area contributed by atoms with E-state index in [4.69, 9.17) is 0 Å². The number of halogens is 3. The number of aromatic nitrogens is 2. The van der Waals surface area contributed by atoms with E-state index in [1.54, 1.807) is 0 Å². The summed E-state index contributed by atoms with van der Waals surface area (Å²) in [5, 5.41) is 0. The predicted molar refractivity (Wildman–Crippen MR) is 73.9 cm³/mol. The SMILES string of the molecule is CCCCCCC(CC)C(=O)c1ccnc(C(F)(F)F)n1. The van der Waals surface area contributed by atoms with Gasteiger partial charge in [0.2, 0.25) is 5.82 Å².